The summed E-state index contributed by atoms with van der Waals surface area (Å²) in [5, 5.41) is 0. The summed E-state index contributed by atoms with van der Waals surface area (Å²) in [5.41, 5.74) is 0. The second-order valence-electron chi connectivity index (χ2n) is 7.77. The molecule has 2 heteroatoms. The molecule has 0 saturated carbocycles. The number of pyridine rings is 1. The molecule has 0 bridgehead atoms. The molecule has 0 spiro atoms. The summed E-state index contributed by atoms with van der Waals surface area (Å²) in [4.78, 5) is 0. The smallest absolute Gasteiger partial charge is 0.168 e. The Bertz CT molecular complexity index is 366. The summed E-state index contributed by atoms with van der Waals surface area (Å²) in [6, 6.07) is 6.33. The first-order valence-electron chi connectivity index (χ1n) is 11.4. The van der Waals surface area contributed by atoms with E-state index < -0.39 is 0 Å². The molecule has 152 valence electrons. The van der Waals surface area contributed by atoms with Crippen LogP contribution in [0.25, 0.3) is 0 Å². The minimum Gasteiger partial charge on any atom is -1.00 e. The Balaban J connectivity index is 0.00000625. The summed E-state index contributed by atoms with van der Waals surface area (Å²) in [7, 11) is 0. The lowest BCUT2D eigenvalue weighted by atomic mass is 10.0. The van der Waals surface area contributed by atoms with Gasteiger partial charge in [-0.15, -0.1) is 0 Å². The van der Waals surface area contributed by atoms with Gasteiger partial charge in [0.25, 0.3) is 0 Å². The highest BCUT2D eigenvalue weighted by Gasteiger charge is 1.98. The van der Waals surface area contributed by atoms with Crippen LogP contribution in [-0.4, -0.2) is 0 Å². The second-order valence-corrected chi connectivity index (χ2v) is 7.77. The van der Waals surface area contributed by atoms with Gasteiger partial charge in [0, 0.05) is 18.6 Å². The predicted octanol–water partition coefficient (Wildman–Crippen LogP) is 4.63. The van der Waals surface area contributed by atoms with E-state index in [0.29, 0.717) is 0 Å². The van der Waals surface area contributed by atoms with Gasteiger partial charge in [0.15, 0.2) is 12.4 Å². The van der Waals surface area contributed by atoms with Crippen molar-refractivity contribution >= 4 is 0 Å². The molecule has 0 aromatic carbocycles. The van der Waals surface area contributed by atoms with Crippen LogP contribution in [0, 0.1) is 0 Å². The topological polar surface area (TPSA) is 3.88 Å². The molecule has 1 nitrogen and oxygen atoms in total. The van der Waals surface area contributed by atoms with Gasteiger partial charge < -0.3 is 4.70 Å². The number of halogens is 1. The highest BCUT2D eigenvalue weighted by Crippen LogP contribution is 2.13. The minimum atomic E-state index is 0. The summed E-state index contributed by atoms with van der Waals surface area (Å²) in [5.74, 6) is 0. The molecule has 1 aromatic heterocycles. The van der Waals surface area contributed by atoms with E-state index in [1.807, 2.05) is 0 Å². The Hall–Kier alpha value is -0.920. The zero-order chi connectivity index (χ0) is 17.8. The molecular weight excluding hydrogens is 321 g/mol. The molecule has 0 aliphatic rings. The van der Waals surface area contributed by atoms with Crippen LogP contribution in [0.2, 0.25) is 0 Å². The van der Waals surface area contributed by atoms with Crippen molar-refractivity contribution in [3.05, 3.63) is 30.6 Å². The predicted molar refractivity (Wildman–Crippen MR) is 111 cm³/mol. The fraction of sp³-hybridized carbons (Fsp3) is 0.792. The van der Waals surface area contributed by atoms with Crippen molar-refractivity contribution in [1.82, 2.24) is 0 Å². The van der Waals surface area contributed by atoms with Crippen molar-refractivity contribution < 1.29 is 9.27 Å². The lowest BCUT2D eigenvalue weighted by Gasteiger charge is -2.03. The van der Waals surface area contributed by atoms with Crippen LogP contribution in [0.4, 0.5) is 0 Å². The first-order chi connectivity index (χ1) is 12.4. The van der Waals surface area contributed by atoms with E-state index >= 15 is 0 Å². The van der Waals surface area contributed by atoms with Gasteiger partial charge in [0.1, 0.15) is 6.54 Å². The van der Waals surface area contributed by atoms with Crippen molar-refractivity contribution in [2.75, 3.05) is 0 Å². The van der Waals surface area contributed by atoms with Gasteiger partial charge in [-0.25, -0.2) is 4.57 Å². The van der Waals surface area contributed by atoms with Crippen LogP contribution >= 0.6 is 0 Å². The van der Waals surface area contributed by atoms with Gasteiger partial charge in [-0.05, 0) is 6.42 Å². The first-order valence-corrected chi connectivity index (χ1v) is 11.4. The Morgan fingerprint density at radius 3 is 1.19 bits per heavy atom. The van der Waals surface area contributed by atoms with E-state index in [-0.39, 0.29) is 4.70 Å². The molecular formula is C24H44FN. The lowest BCUT2D eigenvalue weighted by Crippen LogP contribution is -3.00. The molecule has 0 fully saturated rings. The summed E-state index contributed by atoms with van der Waals surface area (Å²) >= 11 is 0. The van der Waals surface area contributed by atoms with Crippen LogP contribution in [-0.2, 0) is 6.54 Å². The molecule has 0 aliphatic heterocycles. The zero-order valence-electron chi connectivity index (χ0n) is 17.4. The third kappa shape index (κ3) is 16.5. The molecule has 26 heavy (non-hydrogen) atoms. The number of hydrogen-bond donors (Lipinski definition) is 0. The molecule has 0 amide bonds. The normalized spacial score (nSPS) is 10.7. The van der Waals surface area contributed by atoms with E-state index in [0.717, 1.165) is 0 Å². The molecule has 0 radical (unpaired) electrons. The molecule has 0 N–H and O–H groups in total. The van der Waals surface area contributed by atoms with Crippen LogP contribution in [0.5, 0.6) is 0 Å². The van der Waals surface area contributed by atoms with E-state index in [9.17, 15) is 0 Å². The van der Waals surface area contributed by atoms with Crippen molar-refractivity contribution in [1.29, 1.82) is 0 Å². The fourth-order valence-electron chi connectivity index (χ4n) is 3.60. The zero-order valence-corrected chi connectivity index (χ0v) is 17.4. The monoisotopic (exact) mass is 365 g/mol. The van der Waals surface area contributed by atoms with Gasteiger partial charge in [0.2, 0.25) is 0 Å². The van der Waals surface area contributed by atoms with Gasteiger partial charge in [0.05, 0.1) is 0 Å². The number of hydrogen-bond acceptors (Lipinski definition) is 0. The Morgan fingerprint density at radius 2 is 0.808 bits per heavy atom. The van der Waals surface area contributed by atoms with E-state index in [4.69, 9.17) is 0 Å². The summed E-state index contributed by atoms with van der Waals surface area (Å²) < 4.78 is 2.30. The molecule has 1 rings (SSSR count). The average Bonchev–Trinajstić information content (AvgIpc) is 2.65. The number of aryl methyl sites for hydroxylation is 1. The van der Waals surface area contributed by atoms with Crippen molar-refractivity contribution in [2.45, 2.75) is 123 Å². The first kappa shape index (κ1) is 25.1. The quantitative estimate of drug-likeness (QED) is 0.264. The molecule has 1 heterocycles. The summed E-state index contributed by atoms with van der Waals surface area (Å²) in [6.07, 6.45) is 28.9. The highest BCUT2D eigenvalue weighted by molar-refractivity contribution is 4.83. The number of unbranched alkanes of at least 4 members (excludes halogenated alkanes) is 16. The third-order valence-electron chi connectivity index (χ3n) is 5.30. The van der Waals surface area contributed by atoms with Gasteiger partial charge in [-0.3, -0.25) is 0 Å². The Kier molecular flexibility index (Phi) is 19.7. The van der Waals surface area contributed by atoms with E-state index in [2.05, 4.69) is 42.1 Å². The molecule has 0 unspecified atom stereocenters. The Labute approximate surface area is 163 Å². The highest BCUT2D eigenvalue weighted by atomic mass is 19.0. The third-order valence-corrected chi connectivity index (χ3v) is 5.30. The maximum Gasteiger partial charge on any atom is 0.168 e. The number of rotatable bonds is 18. The van der Waals surface area contributed by atoms with Crippen molar-refractivity contribution in [3.8, 4) is 0 Å². The minimum absolute atomic E-state index is 0. The van der Waals surface area contributed by atoms with Gasteiger partial charge in [-0.2, -0.15) is 0 Å². The SMILES string of the molecule is CCCCCCCCCCCCCCCCCCC[n+]1ccccc1.[F-]. The van der Waals surface area contributed by atoms with Crippen LogP contribution in [0.15, 0.2) is 30.6 Å². The summed E-state index contributed by atoms with van der Waals surface area (Å²) in [6.45, 7) is 3.48. The van der Waals surface area contributed by atoms with E-state index in [1.165, 1.54) is 116 Å². The maximum absolute atomic E-state index is 2.30. The molecule has 1 aromatic rings. The second kappa shape index (κ2) is 20.4. The molecule has 0 aliphatic carbocycles. The van der Waals surface area contributed by atoms with Crippen molar-refractivity contribution in [3.63, 3.8) is 0 Å². The molecule has 0 saturated heterocycles. The fourth-order valence-corrected chi connectivity index (χ4v) is 3.60. The van der Waals surface area contributed by atoms with Gasteiger partial charge >= 0.3 is 0 Å². The number of nitrogens with zero attached hydrogens (tertiary/aromatic N) is 1. The van der Waals surface area contributed by atoms with Crippen LogP contribution < -0.4 is 9.27 Å². The van der Waals surface area contributed by atoms with Gasteiger partial charge in [-0.1, -0.05) is 109 Å². The average molecular weight is 366 g/mol. The Morgan fingerprint density at radius 1 is 0.462 bits per heavy atom. The number of aromatic nitrogens is 1. The van der Waals surface area contributed by atoms with Crippen LogP contribution in [0.3, 0.4) is 0 Å². The van der Waals surface area contributed by atoms with E-state index in [1.54, 1.807) is 0 Å². The standard InChI is InChI=1S/C24H44N.FH/c1-2-3-4-5-6-7-8-9-10-11-12-13-14-15-16-17-19-22-25-23-20-18-21-24-25;/h18,20-21,23-24H,2-17,19,22H2,1H3;1H/q+1;/p-1. The van der Waals surface area contributed by atoms with Crippen LogP contribution in [0.1, 0.15) is 116 Å². The molecule has 0 atom stereocenters. The lowest BCUT2D eigenvalue weighted by molar-refractivity contribution is -0.697. The maximum atomic E-state index is 2.30. The largest absolute Gasteiger partial charge is 1.00 e. The van der Waals surface area contributed by atoms with Crippen molar-refractivity contribution in [2.24, 2.45) is 0 Å².